The van der Waals surface area contributed by atoms with Crippen LogP contribution in [-0.4, -0.2) is 44.5 Å². The quantitative estimate of drug-likeness (QED) is 0.840. The first-order valence-corrected chi connectivity index (χ1v) is 10.2. The number of nitrogens with one attached hydrogen (secondary N) is 1. The third-order valence-corrected chi connectivity index (χ3v) is 6.10. The second-order valence-electron chi connectivity index (χ2n) is 8.00. The number of piperidine rings is 1. The van der Waals surface area contributed by atoms with Crippen molar-refractivity contribution < 1.29 is 14.2 Å². The minimum Gasteiger partial charge on any atom is -0.496 e. The van der Waals surface area contributed by atoms with Crippen molar-refractivity contribution in [3.63, 3.8) is 0 Å². The molecule has 5 heteroatoms. The third kappa shape index (κ3) is 4.26. The van der Waals surface area contributed by atoms with Gasteiger partial charge in [-0.2, -0.15) is 0 Å². The summed E-state index contributed by atoms with van der Waals surface area (Å²) in [4.78, 5) is 2.69. The van der Waals surface area contributed by atoms with E-state index < -0.39 is 0 Å². The molecule has 144 valence electrons. The second kappa shape index (κ2) is 8.49. The van der Waals surface area contributed by atoms with Crippen molar-refractivity contribution in [1.29, 1.82) is 0 Å². The van der Waals surface area contributed by atoms with Gasteiger partial charge in [0, 0.05) is 37.3 Å². The topological polar surface area (TPSA) is 43.0 Å². The van der Waals surface area contributed by atoms with Crippen molar-refractivity contribution in [2.75, 3.05) is 33.5 Å². The molecule has 5 nitrogen and oxygen atoms in total. The van der Waals surface area contributed by atoms with Gasteiger partial charge in [-0.1, -0.05) is 19.3 Å². The van der Waals surface area contributed by atoms with E-state index in [-0.39, 0.29) is 0 Å². The van der Waals surface area contributed by atoms with Crippen LogP contribution >= 0.6 is 0 Å². The summed E-state index contributed by atoms with van der Waals surface area (Å²) >= 11 is 0. The van der Waals surface area contributed by atoms with E-state index in [2.05, 4.69) is 16.3 Å². The third-order valence-electron chi connectivity index (χ3n) is 6.10. The molecule has 1 aliphatic carbocycles. The SMILES string of the molecule is COc1cc2c(cc1CN[C@@H]1CCCN(CC3CCCCC3)C1)OCO2. The summed E-state index contributed by atoms with van der Waals surface area (Å²) in [6, 6.07) is 4.55. The van der Waals surface area contributed by atoms with Gasteiger partial charge >= 0.3 is 0 Å². The summed E-state index contributed by atoms with van der Waals surface area (Å²) in [5.41, 5.74) is 1.14. The normalized spacial score (nSPS) is 24.0. The summed E-state index contributed by atoms with van der Waals surface area (Å²) in [5, 5.41) is 3.75. The summed E-state index contributed by atoms with van der Waals surface area (Å²) < 4.78 is 16.5. The predicted octanol–water partition coefficient (Wildman–Crippen LogP) is 3.56. The molecule has 2 heterocycles. The van der Waals surface area contributed by atoms with Crippen LogP contribution < -0.4 is 19.5 Å². The molecular formula is C21H32N2O3. The molecule has 4 rings (SSSR count). The fourth-order valence-electron chi connectivity index (χ4n) is 4.67. The average molecular weight is 360 g/mol. The molecule has 1 N–H and O–H groups in total. The van der Waals surface area contributed by atoms with Crippen LogP contribution in [0.3, 0.4) is 0 Å². The molecule has 0 bridgehead atoms. The maximum atomic E-state index is 5.55. The number of hydrogen-bond acceptors (Lipinski definition) is 5. The molecule has 0 aromatic heterocycles. The van der Waals surface area contributed by atoms with E-state index in [1.54, 1.807) is 7.11 Å². The zero-order chi connectivity index (χ0) is 17.8. The number of nitrogens with zero attached hydrogens (tertiary/aromatic N) is 1. The molecule has 0 amide bonds. The van der Waals surface area contributed by atoms with Crippen molar-refractivity contribution in [2.24, 2.45) is 5.92 Å². The van der Waals surface area contributed by atoms with Crippen LogP contribution in [0.1, 0.15) is 50.5 Å². The van der Waals surface area contributed by atoms with Gasteiger partial charge in [0.25, 0.3) is 0 Å². The Morgan fingerprint density at radius 1 is 1.08 bits per heavy atom. The van der Waals surface area contributed by atoms with Crippen LogP contribution in [0.15, 0.2) is 12.1 Å². The number of methoxy groups -OCH3 is 1. The van der Waals surface area contributed by atoms with Crippen LogP contribution in [0, 0.1) is 5.92 Å². The highest BCUT2D eigenvalue weighted by Gasteiger charge is 2.24. The zero-order valence-electron chi connectivity index (χ0n) is 16.0. The molecule has 1 atom stereocenters. The molecule has 1 saturated carbocycles. The summed E-state index contributed by atoms with van der Waals surface area (Å²) in [6.07, 6.45) is 9.73. The lowest BCUT2D eigenvalue weighted by atomic mass is 9.88. The maximum Gasteiger partial charge on any atom is 0.231 e. The van der Waals surface area contributed by atoms with E-state index in [9.17, 15) is 0 Å². The van der Waals surface area contributed by atoms with Gasteiger partial charge in [-0.05, 0) is 44.2 Å². The minimum atomic E-state index is 0.300. The fourth-order valence-corrected chi connectivity index (χ4v) is 4.67. The molecule has 26 heavy (non-hydrogen) atoms. The van der Waals surface area contributed by atoms with Gasteiger partial charge in [0.1, 0.15) is 5.75 Å². The Bertz CT molecular complexity index is 601. The fraction of sp³-hybridized carbons (Fsp3) is 0.714. The van der Waals surface area contributed by atoms with Gasteiger partial charge < -0.3 is 24.4 Å². The van der Waals surface area contributed by atoms with E-state index in [0.29, 0.717) is 12.8 Å². The lowest BCUT2D eigenvalue weighted by molar-refractivity contribution is 0.149. The van der Waals surface area contributed by atoms with Crippen LogP contribution in [0.4, 0.5) is 0 Å². The van der Waals surface area contributed by atoms with Crippen LogP contribution in [0.5, 0.6) is 17.2 Å². The lowest BCUT2D eigenvalue weighted by Gasteiger charge is -2.36. The lowest BCUT2D eigenvalue weighted by Crippen LogP contribution is -2.47. The molecular weight excluding hydrogens is 328 g/mol. The number of hydrogen-bond donors (Lipinski definition) is 1. The van der Waals surface area contributed by atoms with Gasteiger partial charge in [-0.15, -0.1) is 0 Å². The van der Waals surface area contributed by atoms with Crippen molar-refractivity contribution in [3.05, 3.63) is 17.7 Å². The number of ether oxygens (including phenoxy) is 3. The second-order valence-corrected chi connectivity index (χ2v) is 8.00. The van der Waals surface area contributed by atoms with E-state index >= 15 is 0 Å². The highest BCUT2D eigenvalue weighted by molar-refractivity contribution is 5.51. The van der Waals surface area contributed by atoms with Gasteiger partial charge in [-0.25, -0.2) is 0 Å². The van der Waals surface area contributed by atoms with Crippen LogP contribution in [0.25, 0.3) is 0 Å². The Hall–Kier alpha value is -1.46. The van der Waals surface area contributed by atoms with Crippen molar-refractivity contribution in [2.45, 2.75) is 57.5 Å². The van der Waals surface area contributed by atoms with Crippen molar-refractivity contribution in [1.82, 2.24) is 10.2 Å². The molecule has 1 aromatic rings. The van der Waals surface area contributed by atoms with E-state index in [4.69, 9.17) is 14.2 Å². The molecule has 1 aromatic carbocycles. The number of fused-ring (bicyclic) bond motifs is 1. The smallest absolute Gasteiger partial charge is 0.231 e. The summed E-state index contributed by atoms with van der Waals surface area (Å²) in [5.74, 6) is 3.40. The first-order chi connectivity index (χ1) is 12.8. The Morgan fingerprint density at radius 3 is 2.69 bits per heavy atom. The molecule has 0 unspecified atom stereocenters. The average Bonchev–Trinajstić information content (AvgIpc) is 3.14. The van der Waals surface area contributed by atoms with Crippen LogP contribution in [-0.2, 0) is 6.54 Å². The Labute approximate surface area is 157 Å². The highest BCUT2D eigenvalue weighted by atomic mass is 16.7. The van der Waals surface area contributed by atoms with E-state index in [0.717, 1.165) is 35.3 Å². The summed E-state index contributed by atoms with van der Waals surface area (Å²) in [6.45, 7) is 4.84. The maximum absolute atomic E-state index is 5.55. The van der Waals surface area contributed by atoms with Crippen molar-refractivity contribution in [3.8, 4) is 17.2 Å². The number of rotatable bonds is 6. The Morgan fingerprint density at radius 2 is 1.88 bits per heavy atom. The van der Waals surface area contributed by atoms with Gasteiger partial charge in [0.2, 0.25) is 6.79 Å². The Balaban J connectivity index is 1.31. The summed E-state index contributed by atoms with van der Waals surface area (Å²) in [7, 11) is 1.72. The Kier molecular flexibility index (Phi) is 5.85. The zero-order valence-corrected chi connectivity index (χ0v) is 16.0. The standard InChI is InChI=1S/C21H32N2O3/c1-24-19-11-21-20(25-15-26-21)10-17(19)12-22-18-8-5-9-23(14-18)13-16-6-3-2-4-7-16/h10-11,16,18,22H,2-9,12-15H2,1H3/t18-/m1/s1. The van der Waals surface area contributed by atoms with Gasteiger partial charge in [-0.3, -0.25) is 0 Å². The number of benzene rings is 1. The minimum absolute atomic E-state index is 0.300. The molecule has 2 aliphatic heterocycles. The van der Waals surface area contributed by atoms with E-state index in [1.165, 1.54) is 64.6 Å². The molecule has 0 spiro atoms. The molecule has 1 saturated heterocycles. The predicted molar refractivity (Wildman–Crippen MR) is 102 cm³/mol. The molecule has 2 fully saturated rings. The molecule has 3 aliphatic rings. The molecule has 0 radical (unpaired) electrons. The monoisotopic (exact) mass is 360 g/mol. The first-order valence-electron chi connectivity index (χ1n) is 10.2. The largest absolute Gasteiger partial charge is 0.496 e. The van der Waals surface area contributed by atoms with Crippen LogP contribution in [0.2, 0.25) is 0 Å². The van der Waals surface area contributed by atoms with Gasteiger partial charge in [0.05, 0.1) is 7.11 Å². The first kappa shape index (κ1) is 17.9. The van der Waals surface area contributed by atoms with Gasteiger partial charge in [0.15, 0.2) is 11.5 Å². The van der Waals surface area contributed by atoms with E-state index in [1.807, 2.05) is 6.07 Å². The van der Waals surface area contributed by atoms with Crippen molar-refractivity contribution >= 4 is 0 Å². The highest BCUT2D eigenvalue weighted by Crippen LogP contribution is 2.38. The number of likely N-dealkylation sites (tertiary alicyclic amines) is 1.